The van der Waals surface area contributed by atoms with Crippen molar-refractivity contribution >= 4 is 5.91 Å². The molecule has 1 aromatic rings. The lowest BCUT2D eigenvalue weighted by Crippen LogP contribution is -2.52. The lowest BCUT2D eigenvalue weighted by atomic mass is 9.74. The van der Waals surface area contributed by atoms with Gasteiger partial charge < -0.3 is 15.8 Å². The molecule has 2 rings (SSSR count). The van der Waals surface area contributed by atoms with E-state index in [1.807, 2.05) is 38.1 Å². The first-order chi connectivity index (χ1) is 10.0. The summed E-state index contributed by atoms with van der Waals surface area (Å²) in [5, 5.41) is 3.02. The number of hydrogen-bond acceptors (Lipinski definition) is 3. The van der Waals surface area contributed by atoms with Crippen LogP contribution in [0.15, 0.2) is 24.3 Å². The second kappa shape index (κ2) is 6.94. The fraction of sp³-hybridized carbons (Fsp3) is 0.588. The first kappa shape index (κ1) is 15.8. The third kappa shape index (κ3) is 4.21. The molecule has 0 saturated heterocycles. The molecule has 3 N–H and O–H groups in total. The van der Waals surface area contributed by atoms with Crippen LogP contribution >= 0.6 is 0 Å². The zero-order valence-corrected chi connectivity index (χ0v) is 13.0. The summed E-state index contributed by atoms with van der Waals surface area (Å²) >= 11 is 0. The molecule has 1 amide bonds. The molecule has 1 fully saturated rings. The van der Waals surface area contributed by atoms with E-state index in [9.17, 15) is 4.79 Å². The van der Waals surface area contributed by atoms with Crippen molar-refractivity contribution in [1.82, 2.24) is 5.32 Å². The molecule has 2 unspecified atom stereocenters. The maximum absolute atomic E-state index is 12.4. The Balaban J connectivity index is 1.93. The molecule has 1 aliphatic rings. The van der Waals surface area contributed by atoms with E-state index in [2.05, 4.69) is 5.32 Å². The average Bonchev–Trinajstić information content (AvgIpc) is 2.45. The van der Waals surface area contributed by atoms with Crippen molar-refractivity contribution in [3.63, 3.8) is 0 Å². The molecule has 2 atom stereocenters. The molecule has 1 aliphatic carbocycles. The number of carbonyl (C=O) groups excluding carboxylic acids is 1. The van der Waals surface area contributed by atoms with E-state index in [4.69, 9.17) is 10.5 Å². The van der Waals surface area contributed by atoms with Crippen LogP contribution in [0.3, 0.4) is 0 Å². The Hall–Kier alpha value is -1.55. The molecular formula is C17H26N2O2. The highest BCUT2D eigenvalue weighted by molar-refractivity contribution is 5.80. The second-order valence-corrected chi connectivity index (χ2v) is 6.10. The Labute approximate surface area is 127 Å². The molecule has 1 aromatic carbocycles. The van der Waals surface area contributed by atoms with Crippen molar-refractivity contribution in [1.29, 1.82) is 0 Å². The highest BCUT2D eigenvalue weighted by atomic mass is 16.5. The molecule has 1 saturated carbocycles. The SMILES string of the molecule is CCOc1cccc(CNC(=O)C2CCCCC2(C)N)c1. The van der Waals surface area contributed by atoms with E-state index >= 15 is 0 Å². The molecule has 21 heavy (non-hydrogen) atoms. The number of rotatable bonds is 5. The smallest absolute Gasteiger partial charge is 0.225 e. The fourth-order valence-corrected chi connectivity index (χ4v) is 3.01. The quantitative estimate of drug-likeness (QED) is 0.876. The van der Waals surface area contributed by atoms with Gasteiger partial charge in [-0.1, -0.05) is 25.0 Å². The molecule has 0 aromatic heterocycles. The van der Waals surface area contributed by atoms with Crippen molar-refractivity contribution in [3.05, 3.63) is 29.8 Å². The predicted octanol–water partition coefficient (Wildman–Crippen LogP) is 2.61. The van der Waals surface area contributed by atoms with E-state index in [-0.39, 0.29) is 17.4 Å². The van der Waals surface area contributed by atoms with Crippen LogP contribution in [0, 0.1) is 5.92 Å². The summed E-state index contributed by atoms with van der Waals surface area (Å²) in [5.74, 6) is 0.827. The Morgan fingerprint density at radius 1 is 1.48 bits per heavy atom. The van der Waals surface area contributed by atoms with Crippen LogP contribution < -0.4 is 15.8 Å². The van der Waals surface area contributed by atoms with Crippen molar-refractivity contribution in [2.24, 2.45) is 11.7 Å². The maximum atomic E-state index is 12.4. The van der Waals surface area contributed by atoms with E-state index < -0.39 is 0 Å². The van der Waals surface area contributed by atoms with Gasteiger partial charge in [-0.2, -0.15) is 0 Å². The summed E-state index contributed by atoms with van der Waals surface area (Å²) in [7, 11) is 0. The predicted molar refractivity (Wildman–Crippen MR) is 84.0 cm³/mol. The number of benzene rings is 1. The van der Waals surface area contributed by atoms with Gasteiger partial charge in [0.1, 0.15) is 5.75 Å². The molecule has 0 bridgehead atoms. The van der Waals surface area contributed by atoms with Crippen LogP contribution in [0.5, 0.6) is 5.75 Å². The third-order valence-corrected chi connectivity index (χ3v) is 4.25. The van der Waals surface area contributed by atoms with Gasteiger partial charge in [0.05, 0.1) is 12.5 Å². The molecule has 0 spiro atoms. The van der Waals surface area contributed by atoms with Crippen molar-refractivity contribution < 1.29 is 9.53 Å². The maximum Gasteiger partial charge on any atom is 0.225 e. The highest BCUT2D eigenvalue weighted by Crippen LogP contribution is 2.31. The molecular weight excluding hydrogens is 264 g/mol. The number of carbonyl (C=O) groups is 1. The Kier molecular flexibility index (Phi) is 5.23. The highest BCUT2D eigenvalue weighted by Gasteiger charge is 2.37. The number of ether oxygens (including phenoxy) is 1. The summed E-state index contributed by atoms with van der Waals surface area (Å²) in [4.78, 5) is 12.4. The van der Waals surface area contributed by atoms with E-state index in [1.54, 1.807) is 0 Å². The molecule has 0 aliphatic heterocycles. The van der Waals surface area contributed by atoms with E-state index in [1.165, 1.54) is 0 Å². The standard InChI is InChI=1S/C17H26N2O2/c1-3-21-14-8-6-7-13(11-14)12-19-16(20)15-9-4-5-10-17(15,2)18/h6-8,11,15H,3-5,9-10,12,18H2,1-2H3,(H,19,20). The summed E-state index contributed by atoms with van der Waals surface area (Å²) in [6.07, 6.45) is 4.01. The lowest BCUT2D eigenvalue weighted by Gasteiger charge is -2.37. The zero-order chi connectivity index (χ0) is 15.3. The van der Waals surface area contributed by atoms with Gasteiger partial charge in [0.15, 0.2) is 0 Å². The van der Waals surface area contributed by atoms with Crippen LogP contribution in [0.4, 0.5) is 0 Å². The van der Waals surface area contributed by atoms with Crippen molar-refractivity contribution in [2.45, 2.75) is 51.6 Å². The molecule has 4 nitrogen and oxygen atoms in total. The first-order valence-electron chi connectivity index (χ1n) is 7.81. The van der Waals surface area contributed by atoms with Crippen LogP contribution in [0.2, 0.25) is 0 Å². The Morgan fingerprint density at radius 3 is 3.00 bits per heavy atom. The number of amides is 1. The van der Waals surface area contributed by atoms with Crippen LogP contribution in [0.25, 0.3) is 0 Å². The van der Waals surface area contributed by atoms with Crippen LogP contribution in [0.1, 0.15) is 45.1 Å². The fourth-order valence-electron chi connectivity index (χ4n) is 3.01. The molecule has 0 heterocycles. The average molecular weight is 290 g/mol. The summed E-state index contributed by atoms with van der Waals surface area (Å²) in [6, 6.07) is 7.82. The number of nitrogens with one attached hydrogen (secondary N) is 1. The first-order valence-corrected chi connectivity index (χ1v) is 7.81. The summed E-state index contributed by atoms with van der Waals surface area (Å²) < 4.78 is 5.47. The van der Waals surface area contributed by atoms with Gasteiger partial charge in [-0.05, 0) is 44.4 Å². The van der Waals surface area contributed by atoms with E-state index in [0.717, 1.165) is 37.0 Å². The van der Waals surface area contributed by atoms with Gasteiger partial charge in [0, 0.05) is 12.1 Å². The zero-order valence-electron chi connectivity index (χ0n) is 13.0. The minimum Gasteiger partial charge on any atom is -0.494 e. The Bertz CT molecular complexity index is 485. The second-order valence-electron chi connectivity index (χ2n) is 6.10. The lowest BCUT2D eigenvalue weighted by molar-refractivity contribution is -0.128. The van der Waals surface area contributed by atoms with Gasteiger partial charge in [-0.15, -0.1) is 0 Å². The topological polar surface area (TPSA) is 64.3 Å². The minimum atomic E-state index is -0.379. The monoisotopic (exact) mass is 290 g/mol. The normalized spacial score (nSPS) is 25.4. The minimum absolute atomic E-state index is 0.0708. The number of nitrogens with two attached hydrogens (primary N) is 1. The summed E-state index contributed by atoms with van der Waals surface area (Å²) in [6.45, 7) is 5.11. The molecule has 116 valence electrons. The Morgan fingerprint density at radius 2 is 2.29 bits per heavy atom. The van der Waals surface area contributed by atoms with E-state index in [0.29, 0.717) is 13.2 Å². The van der Waals surface area contributed by atoms with Gasteiger partial charge in [-0.25, -0.2) is 0 Å². The van der Waals surface area contributed by atoms with Crippen LogP contribution in [-0.4, -0.2) is 18.1 Å². The largest absolute Gasteiger partial charge is 0.494 e. The molecule has 0 radical (unpaired) electrons. The van der Waals surface area contributed by atoms with Crippen molar-refractivity contribution in [3.8, 4) is 5.75 Å². The van der Waals surface area contributed by atoms with Crippen LogP contribution in [-0.2, 0) is 11.3 Å². The van der Waals surface area contributed by atoms with Crippen molar-refractivity contribution in [2.75, 3.05) is 6.61 Å². The van der Waals surface area contributed by atoms with Gasteiger partial charge in [-0.3, -0.25) is 4.79 Å². The van der Waals surface area contributed by atoms with Gasteiger partial charge in [0.25, 0.3) is 0 Å². The third-order valence-electron chi connectivity index (χ3n) is 4.25. The van der Waals surface area contributed by atoms with Gasteiger partial charge >= 0.3 is 0 Å². The van der Waals surface area contributed by atoms with Gasteiger partial charge in [0.2, 0.25) is 5.91 Å². The molecule has 4 heteroatoms. The summed E-state index contributed by atoms with van der Waals surface area (Å²) in [5.41, 5.74) is 6.94. The number of hydrogen-bond donors (Lipinski definition) is 2.